The number of halogens is 1. The lowest BCUT2D eigenvalue weighted by Gasteiger charge is -2.20. The molecule has 0 radical (unpaired) electrons. The fourth-order valence-electron chi connectivity index (χ4n) is 2.98. The summed E-state index contributed by atoms with van der Waals surface area (Å²) in [5.41, 5.74) is 5.06. The molecule has 2 aromatic carbocycles. The van der Waals surface area contributed by atoms with E-state index in [9.17, 15) is 5.11 Å². The first-order valence-electron chi connectivity index (χ1n) is 7.27. The van der Waals surface area contributed by atoms with E-state index in [2.05, 4.69) is 40.2 Å². The summed E-state index contributed by atoms with van der Waals surface area (Å²) in [6.45, 7) is 0. The van der Waals surface area contributed by atoms with Gasteiger partial charge in [0.2, 0.25) is 0 Å². The van der Waals surface area contributed by atoms with E-state index in [0.717, 1.165) is 16.5 Å². The molecular weight excluding hydrogens is 312 g/mol. The molecule has 0 heterocycles. The Bertz CT molecular complexity index is 592. The number of hydrogen-bond acceptors (Lipinski definition) is 1. The second-order valence-electron chi connectivity index (χ2n) is 5.56. The maximum absolute atomic E-state index is 10.5. The summed E-state index contributed by atoms with van der Waals surface area (Å²) in [5.74, 6) is 0. The Balaban J connectivity index is 1.86. The first-order chi connectivity index (χ1) is 9.74. The number of aryl methyl sites for hydroxylation is 2. The molecular formula is C18H19BrO. The number of rotatable bonds is 3. The average Bonchev–Trinajstić information content (AvgIpc) is 2.47. The number of fused-ring (bicyclic) bond motifs is 1. The van der Waals surface area contributed by atoms with Gasteiger partial charge in [-0.2, -0.15) is 0 Å². The summed E-state index contributed by atoms with van der Waals surface area (Å²) < 4.78 is 1.04. The van der Waals surface area contributed by atoms with Crippen molar-refractivity contribution in [2.75, 3.05) is 0 Å². The molecule has 104 valence electrons. The van der Waals surface area contributed by atoms with Crippen molar-refractivity contribution in [1.82, 2.24) is 0 Å². The van der Waals surface area contributed by atoms with Crippen molar-refractivity contribution in [3.8, 4) is 0 Å². The lowest BCUT2D eigenvalue weighted by atomic mass is 9.89. The van der Waals surface area contributed by atoms with Crippen molar-refractivity contribution in [3.63, 3.8) is 0 Å². The molecule has 1 atom stereocenters. The van der Waals surface area contributed by atoms with Crippen molar-refractivity contribution in [3.05, 3.63) is 69.2 Å². The molecule has 0 spiro atoms. The molecule has 1 aliphatic carbocycles. The molecule has 0 aliphatic heterocycles. The zero-order chi connectivity index (χ0) is 13.9. The third kappa shape index (κ3) is 2.97. The van der Waals surface area contributed by atoms with Gasteiger partial charge in [-0.25, -0.2) is 0 Å². The highest BCUT2D eigenvalue weighted by atomic mass is 79.9. The van der Waals surface area contributed by atoms with E-state index in [1.54, 1.807) is 0 Å². The van der Waals surface area contributed by atoms with Gasteiger partial charge in [-0.05, 0) is 54.0 Å². The summed E-state index contributed by atoms with van der Waals surface area (Å²) in [6.07, 6.45) is 5.09. The molecule has 0 bridgehead atoms. The van der Waals surface area contributed by atoms with Crippen LogP contribution in [0.2, 0.25) is 0 Å². The number of hydrogen-bond donors (Lipinski definition) is 1. The molecule has 0 saturated carbocycles. The van der Waals surface area contributed by atoms with E-state index >= 15 is 0 Å². The highest BCUT2D eigenvalue weighted by molar-refractivity contribution is 9.10. The summed E-state index contributed by atoms with van der Waals surface area (Å²) in [4.78, 5) is 0. The van der Waals surface area contributed by atoms with E-state index in [0.29, 0.717) is 6.42 Å². The minimum atomic E-state index is -0.445. The van der Waals surface area contributed by atoms with Gasteiger partial charge in [0.1, 0.15) is 0 Å². The Kier molecular flexibility index (Phi) is 4.23. The standard InChI is InChI=1S/C18H19BrO/c19-17-12-15-9-5-4-8-14(15)11-16(17)18(20)10-13-6-2-1-3-7-13/h1-3,6-7,11-12,18,20H,4-5,8-10H2. The van der Waals surface area contributed by atoms with Gasteiger partial charge in [0.05, 0.1) is 6.10 Å². The summed E-state index contributed by atoms with van der Waals surface area (Å²) in [7, 11) is 0. The van der Waals surface area contributed by atoms with Crippen molar-refractivity contribution >= 4 is 15.9 Å². The van der Waals surface area contributed by atoms with Crippen molar-refractivity contribution in [2.45, 2.75) is 38.2 Å². The molecule has 0 aromatic heterocycles. The number of benzene rings is 2. The monoisotopic (exact) mass is 330 g/mol. The van der Waals surface area contributed by atoms with Crippen LogP contribution in [0.3, 0.4) is 0 Å². The van der Waals surface area contributed by atoms with Gasteiger partial charge in [-0.15, -0.1) is 0 Å². The van der Waals surface area contributed by atoms with Crippen LogP contribution in [0.25, 0.3) is 0 Å². The van der Waals surface area contributed by atoms with Crippen LogP contribution in [0.15, 0.2) is 46.9 Å². The Morgan fingerprint density at radius 2 is 1.65 bits per heavy atom. The molecule has 0 fully saturated rings. The van der Waals surface area contributed by atoms with Crippen LogP contribution < -0.4 is 0 Å². The zero-order valence-electron chi connectivity index (χ0n) is 11.5. The Morgan fingerprint density at radius 3 is 2.35 bits per heavy atom. The van der Waals surface area contributed by atoms with Gasteiger partial charge in [0.25, 0.3) is 0 Å². The first-order valence-corrected chi connectivity index (χ1v) is 8.06. The van der Waals surface area contributed by atoms with E-state index in [1.807, 2.05) is 18.2 Å². The average molecular weight is 331 g/mol. The van der Waals surface area contributed by atoms with E-state index in [1.165, 1.54) is 36.0 Å². The Morgan fingerprint density at radius 1 is 1.00 bits per heavy atom. The molecule has 1 aliphatic rings. The van der Waals surface area contributed by atoms with Crippen molar-refractivity contribution < 1.29 is 5.11 Å². The zero-order valence-corrected chi connectivity index (χ0v) is 13.1. The van der Waals surface area contributed by atoms with Crippen LogP contribution >= 0.6 is 15.9 Å². The normalized spacial score (nSPS) is 15.7. The van der Waals surface area contributed by atoms with Crippen LogP contribution in [-0.4, -0.2) is 5.11 Å². The Labute approximate surface area is 128 Å². The fourth-order valence-corrected chi connectivity index (χ4v) is 3.63. The third-order valence-electron chi connectivity index (χ3n) is 4.09. The van der Waals surface area contributed by atoms with Crippen molar-refractivity contribution in [2.24, 2.45) is 0 Å². The number of aliphatic hydroxyl groups excluding tert-OH is 1. The first kappa shape index (κ1) is 13.8. The molecule has 20 heavy (non-hydrogen) atoms. The van der Waals surface area contributed by atoms with E-state index < -0.39 is 6.10 Å². The molecule has 1 nitrogen and oxygen atoms in total. The molecule has 2 heteroatoms. The molecule has 1 N–H and O–H groups in total. The third-order valence-corrected chi connectivity index (χ3v) is 4.78. The lowest BCUT2D eigenvalue weighted by Crippen LogP contribution is -2.08. The fraction of sp³-hybridized carbons (Fsp3) is 0.333. The molecule has 0 saturated heterocycles. The van der Waals surface area contributed by atoms with Crippen LogP contribution in [0.5, 0.6) is 0 Å². The number of aliphatic hydroxyl groups is 1. The molecule has 3 rings (SSSR count). The SMILES string of the molecule is OC(Cc1ccccc1)c1cc2c(cc1Br)CCCC2. The molecule has 1 unspecified atom stereocenters. The van der Waals surface area contributed by atoms with Crippen LogP contribution in [-0.2, 0) is 19.3 Å². The van der Waals surface area contributed by atoms with Crippen LogP contribution in [0.4, 0.5) is 0 Å². The largest absolute Gasteiger partial charge is 0.388 e. The quantitative estimate of drug-likeness (QED) is 0.871. The smallest absolute Gasteiger partial charge is 0.0841 e. The van der Waals surface area contributed by atoms with Gasteiger partial charge in [0, 0.05) is 10.9 Å². The van der Waals surface area contributed by atoms with Gasteiger partial charge in [-0.1, -0.05) is 52.3 Å². The van der Waals surface area contributed by atoms with Gasteiger partial charge in [0.15, 0.2) is 0 Å². The predicted molar refractivity (Wildman–Crippen MR) is 85.9 cm³/mol. The summed E-state index contributed by atoms with van der Waals surface area (Å²) >= 11 is 3.63. The summed E-state index contributed by atoms with van der Waals surface area (Å²) in [6, 6.07) is 14.6. The molecule has 0 amide bonds. The van der Waals surface area contributed by atoms with Crippen LogP contribution in [0.1, 0.15) is 41.2 Å². The van der Waals surface area contributed by atoms with Gasteiger partial charge >= 0.3 is 0 Å². The van der Waals surface area contributed by atoms with Crippen LogP contribution in [0, 0.1) is 0 Å². The van der Waals surface area contributed by atoms with E-state index in [4.69, 9.17) is 0 Å². The van der Waals surface area contributed by atoms with Gasteiger partial charge < -0.3 is 5.11 Å². The highest BCUT2D eigenvalue weighted by Crippen LogP contribution is 2.32. The Hall–Kier alpha value is -1.12. The predicted octanol–water partition coefficient (Wildman–Crippen LogP) is 4.60. The second kappa shape index (κ2) is 6.11. The highest BCUT2D eigenvalue weighted by Gasteiger charge is 2.17. The minimum Gasteiger partial charge on any atom is -0.388 e. The van der Waals surface area contributed by atoms with E-state index in [-0.39, 0.29) is 0 Å². The van der Waals surface area contributed by atoms with Crippen molar-refractivity contribution in [1.29, 1.82) is 0 Å². The second-order valence-corrected chi connectivity index (χ2v) is 6.41. The maximum Gasteiger partial charge on any atom is 0.0841 e. The minimum absolute atomic E-state index is 0.445. The van der Waals surface area contributed by atoms with Gasteiger partial charge in [-0.3, -0.25) is 0 Å². The summed E-state index contributed by atoms with van der Waals surface area (Å²) in [5, 5.41) is 10.5. The maximum atomic E-state index is 10.5. The molecule has 2 aromatic rings. The lowest BCUT2D eigenvalue weighted by molar-refractivity contribution is 0.177. The topological polar surface area (TPSA) is 20.2 Å².